The van der Waals surface area contributed by atoms with Gasteiger partial charge in [0.25, 0.3) is 0 Å². The average Bonchev–Trinajstić information content (AvgIpc) is 3.18. The highest BCUT2D eigenvalue weighted by Gasteiger charge is 2.28. The van der Waals surface area contributed by atoms with E-state index in [9.17, 15) is 9.18 Å². The summed E-state index contributed by atoms with van der Waals surface area (Å²) in [5, 5.41) is 0. The van der Waals surface area contributed by atoms with E-state index in [4.69, 9.17) is 5.73 Å². The van der Waals surface area contributed by atoms with Crippen LogP contribution in [0.2, 0.25) is 0 Å². The largest absolute Gasteiger partial charge is 0.399 e. The number of hydrogen-bond acceptors (Lipinski definition) is 4. The van der Waals surface area contributed by atoms with Crippen LogP contribution in [0, 0.1) is 5.82 Å². The quantitative estimate of drug-likeness (QED) is 0.500. The SMILES string of the molecule is CC.CCN(C)C(=O)C1=CC=C(C(c2cccc(N)c2)N2CCN(Cc3ccc(F)cc3)CC2)C=CC1. The minimum absolute atomic E-state index is 0.0531. The predicted molar refractivity (Wildman–Crippen MR) is 151 cm³/mol. The standard InChI is InChI=1S/C29H35FN4O.C2H6/c1-3-32(2)29(35)24-7-4-6-23(12-13-24)28(25-8-5-9-27(31)20-25)34-18-16-33(17-19-34)21-22-10-14-26(30)15-11-22;1-2/h4-6,8-15,20,28H,3,7,16-19,21,31H2,1-2H3;1-2H3. The number of carbonyl (C=O) groups excluding carboxylic acids is 1. The number of piperazine rings is 1. The Kier molecular flexibility index (Phi) is 10.7. The van der Waals surface area contributed by atoms with E-state index in [-0.39, 0.29) is 17.8 Å². The van der Waals surface area contributed by atoms with Crippen molar-refractivity contribution in [1.82, 2.24) is 14.7 Å². The molecule has 0 saturated carbocycles. The molecular weight excluding hydrogens is 463 g/mol. The van der Waals surface area contributed by atoms with Gasteiger partial charge in [0.1, 0.15) is 5.82 Å². The van der Waals surface area contributed by atoms with Crippen molar-refractivity contribution in [2.75, 3.05) is 45.5 Å². The van der Waals surface area contributed by atoms with Gasteiger partial charge < -0.3 is 10.6 Å². The lowest BCUT2D eigenvalue weighted by Crippen LogP contribution is -2.47. The Morgan fingerprint density at radius 3 is 2.41 bits per heavy atom. The first-order chi connectivity index (χ1) is 17.9. The zero-order valence-electron chi connectivity index (χ0n) is 22.7. The van der Waals surface area contributed by atoms with Crippen LogP contribution >= 0.6 is 0 Å². The van der Waals surface area contributed by atoms with Crippen LogP contribution in [-0.2, 0) is 11.3 Å². The van der Waals surface area contributed by atoms with E-state index in [0.29, 0.717) is 13.0 Å². The Hall–Kier alpha value is -3.22. The number of benzene rings is 2. The number of hydrogen-bond donors (Lipinski definition) is 1. The van der Waals surface area contributed by atoms with E-state index in [1.54, 1.807) is 4.90 Å². The molecule has 1 atom stereocenters. The summed E-state index contributed by atoms with van der Waals surface area (Å²) >= 11 is 0. The summed E-state index contributed by atoms with van der Waals surface area (Å²) in [6.07, 6.45) is 8.95. The van der Waals surface area contributed by atoms with Crippen molar-refractivity contribution in [2.45, 2.75) is 39.8 Å². The minimum atomic E-state index is -0.200. The van der Waals surface area contributed by atoms with Crippen LogP contribution in [0.5, 0.6) is 0 Å². The number of amides is 1. The van der Waals surface area contributed by atoms with Crippen molar-refractivity contribution in [1.29, 1.82) is 0 Å². The van der Waals surface area contributed by atoms with E-state index in [1.807, 2.05) is 58.2 Å². The Morgan fingerprint density at radius 1 is 1.05 bits per heavy atom. The molecule has 1 heterocycles. The van der Waals surface area contributed by atoms with Gasteiger partial charge in [0.05, 0.1) is 6.04 Å². The first-order valence-corrected chi connectivity index (χ1v) is 13.3. The molecule has 1 amide bonds. The summed E-state index contributed by atoms with van der Waals surface area (Å²) in [6.45, 7) is 11.1. The summed E-state index contributed by atoms with van der Waals surface area (Å²) in [5.41, 5.74) is 11.1. The molecule has 5 nitrogen and oxygen atoms in total. The maximum Gasteiger partial charge on any atom is 0.249 e. The fourth-order valence-corrected chi connectivity index (χ4v) is 4.74. The van der Waals surface area contributed by atoms with E-state index >= 15 is 0 Å². The van der Waals surface area contributed by atoms with Gasteiger partial charge in [-0.25, -0.2) is 4.39 Å². The van der Waals surface area contributed by atoms with E-state index < -0.39 is 0 Å². The van der Waals surface area contributed by atoms with Crippen molar-refractivity contribution >= 4 is 11.6 Å². The molecule has 1 saturated heterocycles. The number of carbonyl (C=O) groups is 1. The molecule has 2 aromatic carbocycles. The molecule has 0 radical (unpaired) electrons. The monoisotopic (exact) mass is 504 g/mol. The number of rotatable bonds is 7. The number of allylic oxidation sites excluding steroid dienone is 3. The molecular formula is C31H41FN4O. The number of nitrogens with zero attached hydrogens (tertiary/aromatic N) is 3. The van der Waals surface area contributed by atoms with E-state index in [0.717, 1.165) is 60.7 Å². The summed E-state index contributed by atoms with van der Waals surface area (Å²) < 4.78 is 13.3. The Labute approximate surface area is 221 Å². The lowest BCUT2D eigenvalue weighted by Gasteiger charge is -2.40. The van der Waals surface area contributed by atoms with Gasteiger partial charge in [-0.1, -0.05) is 62.4 Å². The second kappa shape index (κ2) is 13.9. The lowest BCUT2D eigenvalue weighted by molar-refractivity contribution is -0.125. The molecule has 6 heteroatoms. The minimum Gasteiger partial charge on any atom is -0.399 e. The smallest absolute Gasteiger partial charge is 0.249 e. The maximum atomic E-state index is 13.3. The van der Waals surface area contributed by atoms with Crippen molar-refractivity contribution in [3.8, 4) is 0 Å². The lowest BCUT2D eigenvalue weighted by atomic mass is 9.95. The number of anilines is 1. The number of nitrogen functional groups attached to an aromatic ring is 1. The van der Waals surface area contributed by atoms with Gasteiger partial charge in [0, 0.05) is 57.6 Å². The van der Waals surface area contributed by atoms with Gasteiger partial charge in [0.2, 0.25) is 5.91 Å². The predicted octanol–water partition coefficient (Wildman–Crippen LogP) is 5.58. The third-order valence-corrected chi connectivity index (χ3v) is 6.85. The Morgan fingerprint density at radius 2 is 1.76 bits per heavy atom. The topological polar surface area (TPSA) is 52.8 Å². The zero-order chi connectivity index (χ0) is 26.8. The molecule has 0 bridgehead atoms. The van der Waals surface area contributed by atoms with Gasteiger partial charge >= 0.3 is 0 Å². The number of likely N-dealkylation sites (N-methyl/N-ethyl adjacent to an activating group) is 1. The average molecular weight is 505 g/mol. The first-order valence-electron chi connectivity index (χ1n) is 13.3. The second-order valence-corrected chi connectivity index (χ2v) is 9.30. The molecule has 1 unspecified atom stereocenters. The molecule has 0 aromatic heterocycles. The van der Waals surface area contributed by atoms with Crippen molar-refractivity contribution in [3.05, 3.63) is 101 Å². The zero-order valence-corrected chi connectivity index (χ0v) is 22.7. The van der Waals surface area contributed by atoms with Crippen LogP contribution in [0.1, 0.15) is 44.4 Å². The number of halogens is 1. The third kappa shape index (κ3) is 7.63. The fraction of sp³-hybridized carbons (Fsp3) is 0.387. The molecule has 2 aliphatic rings. The van der Waals surface area contributed by atoms with Gasteiger partial charge in [-0.2, -0.15) is 0 Å². The van der Waals surface area contributed by atoms with Crippen LogP contribution in [-0.4, -0.2) is 60.4 Å². The summed E-state index contributed by atoms with van der Waals surface area (Å²) in [7, 11) is 1.84. The summed E-state index contributed by atoms with van der Waals surface area (Å²) in [5.74, 6) is -0.127. The molecule has 2 N–H and O–H groups in total. The van der Waals surface area contributed by atoms with Crippen LogP contribution in [0.3, 0.4) is 0 Å². The Balaban J connectivity index is 0.00000186. The van der Waals surface area contributed by atoms with Crippen LogP contribution < -0.4 is 5.73 Å². The van der Waals surface area contributed by atoms with Gasteiger partial charge in [-0.15, -0.1) is 0 Å². The van der Waals surface area contributed by atoms with Crippen LogP contribution in [0.15, 0.2) is 84.0 Å². The summed E-state index contributed by atoms with van der Waals surface area (Å²) in [6, 6.07) is 14.9. The molecule has 37 heavy (non-hydrogen) atoms. The van der Waals surface area contributed by atoms with Crippen molar-refractivity contribution in [2.24, 2.45) is 0 Å². The van der Waals surface area contributed by atoms with Crippen molar-refractivity contribution in [3.63, 3.8) is 0 Å². The van der Waals surface area contributed by atoms with Gasteiger partial charge in [-0.3, -0.25) is 14.6 Å². The molecule has 4 rings (SSSR count). The van der Waals surface area contributed by atoms with Crippen LogP contribution in [0.25, 0.3) is 0 Å². The van der Waals surface area contributed by atoms with Gasteiger partial charge in [0.15, 0.2) is 0 Å². The fourth-order valence-electron chi connectivity index (χ4n) is 4.74. The third-order valence-electron chi connectivity index (χ3n) is 6.85. The van der Waals surface area contributed by atoms with Crippen LogP contribution in [0.4, 0.5) is 10.1 Å². The maximum absolute atomic E-state index is 13.3. The second-order valence-electron chi connectivity index (χ2n) is 9.30. The highest BCUT2D eigenvalue weighted by Crippen LogP contribution is 2.33. The first kappa shape index (κ1) is 28.4. The van der Waals surface area contributed by atoms with Crippen molar-refractivity contribution < 1.29 is 9.18 Å². The summed E-state index contributed by atoms with van der Waals surface area (Å²) in [4.78, 5) is 19.4. The van der Waals surface area contributed by atoms with E-state index in [2.05, 4.69) is 40.2 Å². The number of nitrogens with two attached hydrogens (primary N) is 1. The van der Waals surface area contributed by atoms with E-state index in [1.165, 1.54) is 12.1 Å². The molecule has 2 aromatic rings. The molecule has 1 fully saturated rings. The highest BCUT2D eigenvalue weighted by molar-refractivity contribution is 5.94. The van der Waals surface area contributed by atoms with Gasteiger partial charge in [-0.05, 0) is 54.3 Å². The molecule has 0 spiro atoms. The normalized spacial score (nSPS) is 17.1. The molecule has 198 valence electrons. The molecule has 1 aliphatic carbocycles. The molecule has 1 aliphatic heterocycles. The highest BCUT2D eigenvalue weighted by atomic mass is 19.1. The Bertz CT molecular complexity index is 1110.